The van der Waals surface area contributed by atoms with Gasteiger partial charge in [-0.25, -0.2) is 10.9 Å². The number of non-ortho nitro benzene ring substituents is 1. The number of benzene rings is 3. The summed E-state index contributed by atoms with van der Waals surface area (Å²) in [5, 5.41) is 11.4. The Hall–Kier alpha value is -3.55. The number of hydrogen-bond acceptors (Lipinski definition) is 5. The molecule has 0 spiro atoms. The number of hydrogen-bond donors (Lipinski definition) is 2. The number of carbonyl (C=O) groups is 1. The number of amides is 1. The summed E-state index contributed by atoms with van der Waals surface area (Å²) in [6.45, 7) is 2.04. The van der Waals surface area contributed by atoms with E-state index in [2.05, 4.69) is 35.1 Å². The van der Waals surface area contributed by atoms with E-state index in [1.807, 2.05) is 43.3 Å². The number of carbonyl (C=O) groups excluding carboxylic acids is 1. The first kappa shape index (κ1) is 19.4. The molecule has 0 bridgehead atoms. The third kappa shape index (κ3) is 3.28. The predicted octanol–water partition coefficient (Wildman–Crippen LogP) is 3.83. The van der Waals surface area contributed by atoms with Crippen LogP contribution in [-0.2, 0) is 4.79 Å². The monoisotopic (exact) mass is 414 g/mol. The Morgan fingerprint density at radius 1 is 0.871 bits per heavy atom. The zero-order valence-corrected chi connectivity index (χ0v) is 16.9. The lowest BCUT2D eigenvalue weighted by Gasteiger charge is -2.31. The smallest absolute Gasteiger partial charge is 0.269 e. The molecule has 7 nitrogen and oxygen atoms in total. The van der Waals surface area contributed by atoms with Crippen molar-refractivity contribution in [3.63, 3.8) is 0 Å². The highest BCUT2D eigenvalue weighted by atomic mass is 16.6. The molecule has 0 radical (unpaired) electrons. The zero-order chi connectivity index (χ0) is 21.5. The fourth-order valence-corrected chi connectivity index (χ4v) is 4.76. The summed E-state index contributed by atoms with van der Waals surface area (Å²) >= 11 is 0. The van der Waals surface area contributed by atoms with Gasteiger partial charge in [0.25, 0.3) is 5.69 Å². The number of nitrogens with one attached hydrogen (secondary N) is 2. The van der Waals surface area contributed by atoms with E-state index in [1.165, 1.54) is 6.07 Å². The first-order valence-corrected chi connectivity index (χ1v) is 10.2. The number of nitro groups is 1. The molecule has 2 aliphatic rings. The first-order valence-electron chi connectivity index (χ1n) is 10.2. The molecule has 31 heavy (non-hydrogen) atoms. The van der Waals surface area contributed by atoms with Crippen molar-refractivity contribution in [3.05, 3.63) is 106 Å². The van der Waals surface area contributed by atoms with E-state index in [0.717, 1.165) is 22.4 Å². The summed E-state index contributed by atoms with van der Waals surface area (Å²) in [5.74, 6) is -0.188. The van der Waals surface area contributed by atoms with E-state index in [4.69, 9.17) is 0 Å². The largest absolute Gasteiger partial charge is 0.303 e. The highest BCUT2D eigenvalue weighted by Crippen LogP contribution is 2.49. The minimum absolute atomic E-state index is 0.0206. The molecule has 3 aromatic rings. The highest BCUT2D eigenvalue weighted by molar-refractivity contribution is 6.01. The van der Waals surface area contributed by atoms with Crippen LogP contribution in [0.1, 0.15) is 28.8 Å². The van der Waals surface area contributed by atoms with E-state index in [1.54, 1.807) is 17.0 Å². The van der Waals surface area contributed by atoms with Gasteiger partial charge in [-0.15, -0.1) is 0 Å². The van der Waals surface area contributed by atoms with E-state index in [-0.39, 0.29) is 29.6 Å². The molecule has 4 atom stereocenters. The Balaban J connectivity index is 1.64. The fourth-order valence-electron chi connectivity index (χ4n) is 4.76. The minimum Gasteiger partial charge on any atom is -0.303 e. The van der Waals surface area contributed by atoms with Gasteiger partial charge < -0.3 is 4.90 Å². The van der Waals surface area contributed by atoms with Crippen LogP contribution in [0.3, 0.4) is 0 Å². The van der Waals surface area contributed by atoms with E-state index >= 15 is 0 Å². The molecule has 3 aromatic carbocycles. The van der Waals surface area contributed by atoms with Gasteiger partial charge in [-0.05, 0) is 30.2 Å². The number of anilines is 1. The molecule has 0 aromatic heterocycles. The van der Waals surface area contributed by atoms with Gasteiger partial charge in [0.15, 0.2) is 0 Å². The Bertz CT molecular complexity index is 1130. The topological polar surface area (TPSA) is 87.5 Å². The number of nitrogens with zero attached hydrogens (tertiary/aromatic N) is 2. The van der Waals surface area contributed by atoms with Crippen molar-refractivity contribution in [1.29, 1.82) is 0 Å². The maximum absolute atomic E-state index is 13.5. The molecule has 2 aliphatic heterocycles. The Morgan fingerprint density at radius 3 is 2.29 bits per heavy atom. The average Bonchev–Trinajstić information content (AvgIpc) is 3.34. The van der Waals surface area contributed by atoms with Crippen LogP contribution in [0.2, 0.25) is 0 Å². The van der Waals surface area contributed by atoms with Crippen molar-refractivity contribution in [2.45, 2.75) is 25.0 Å². The van der Waals surface area contributed by atoms with Crippen LogP contribution in [-0.4, -0.2) is 16.9 Å². The molecule has 2 N–H and O–H groups in total. The lowest BCUT2D eigenvalue weighted by atomic mass is 9.83. The average molecular weight is 414 g/mol. The highest BCUT2D eigenvalue weighted by Gasteiger charge is 2.56. The first-order chi connectivity index (χ1) is 15.0. The molecule has 0 aliphatic carbocycles. The molecule has 0 saturated carbocycles. The maximum Gasteiger partial charge on any atom is 0.269 e. The van der Waals surface area contributed by atoms with Crippen molar-refractivity contribution in [2.75, 3.05) is 4.90 Å². The summed E-state index contributed by atoms with van der Waals surface area (Å²) in [4.78, 5) is 26.3. The van der Waals surface area contributed by atoms with Crippen LogP contribution in [0.25, 0.3) is 0 Å². The lowest BCUT2D eigenvalue weighted by Crippen LogP contribution is -2.41. The van der Waals surface area contributed by atoms with Gasteiger partial charge in [-0.1, -0.05) is 60.2 Å². The minimum atomic E-state index is -0.434. The lowest BCUT2D eigenvalue weighted by molar-refractivity contribution is -0.384. The van der Waals surface area contributed by atoms with Gasteiger partial charge in [0.05, 0.1) is 17.0 Å². The van der Waals surface area contributed by atoms with Crippen LogP contribution in [0.4, 0.5) is 11.4 Å². The second-order valence-corrected chi connectivity index (χ2v) is 8.07. The second kappa shape index (κ2) is 7.61. The summed E-state index contributed by atoms with van der Waals surface area (Å²) in [5.41, 5.74) is 10.3. The van der Waals surface area contributed by atoms with Crippen LogP contribution < -0.4 is 15.8 Å². The Morgan fingerprint density at radius 2 is 1.58 bits per heavy atom. The Labute approximate surface area is 179 Å². The van der Waals surface area contributed by atoms with Crippen molar-refractivity contribution >= 4 is 17.3 Å². The maximum atomic E-state index is 13.5. The second-order valence-electron chi connectivity index (χ2n) is 8.07. The van der Waals surface area contributed by atoms with Crippen LogP contribution >= 0.6 is 0 Å². The summed E-state index contributed by atoms with van der Waals surface area (Å²) in [6, 6.07) is 23.4. The molecule has 5 rings (SSSR count). The molecule has 4 unspecified atom stereocenters. The third-order valence-electron chi connectivity index (χ3n) is 6.20. The Kier molecular flexibility index (Phi) is 4.77. The quantitative estimate of drug-likeness (QED) is 0.501. The van der Waals surface area contributed by atoms with Gasteiger partial charge in [0.1, 0.15) is 6.04 Å². The van der Waals surface area contributed by atoms with Gasteiger partial charge in [-0.3, -0.25) is 14.9 Å². The van der Waals surface area contributed by atoms with E-state index in [0.29, 0.717) is 0 Å². The molecule has 2 saturated heterocycles. The van der Waals surface area contributed by atoms with Gasteiger partial charge >= 0.3 is 0 Å². The SMILES string of the molecule is Cc1ccc(C2NNC3C(=O)N(c4ccccc4)C(c4cccc([N+](=O)[O-])c4)C32)cc1. The summed E-state index contributed by atoms with van der Waals surface area (Å²) in [6.07, 6.45) is 0. The molecule has 2 heterocycles. The van der Waals surface area contributed by atoms with Crippen molar-refractivity contribution in [1.82, 2.24) is 10.9 Å². The summed E-state index contributed by atoms with van der Waals surface area (Å²) < 4.78 is 0. The molecular formula is C24H22N4O3. The van der Waals surface area contributed by atoms with Crippen molar-refractivity contribution in [2.24, 2.45) is 5.92 Å². The molecular weight excluding hydrogens is 392 g/mol. The number of rotatable bonds is 4. The van der Waals surface area contributed by atoms with Crippen molar-refractivity contribution in [3.8, 4) is 0 Å². The van der Waals surface area contributed by atoms with E-state index in [9.17, 15) is 14.9 Å². The fraction of sp³-hybridized carbons (Fsp3) is 0.208. The third-order valence-corrected chi connectivity index (χ3v) is 6.20. The standard InChI is InChI=1S/C24H22N4O3/c1-15-10-12-16(13-11-15)21-20-22(26-25-21)24(29)27(18-7-3-2-4-8-18)23(20)17-6-5-9-19(14-17)28(30)31/h2-14,20-23,25-26H,1H3. The number of hydrazine groups is 1. The summed E-state index contributed by atoms with van der Waals surface area (Å²) in [7, 11) is 0. The normalized spacial score (nSPS) is 24.9. The van der Waals surface area contributed by atoms with Gasteiger partial charge in [0, 0.05) is 23.7 Å². The van der Waals surface area contributed by atoms with Crippen LogP contribution in [0.5, 0.6) is 0 Å². The van der Waals surface area contributed by atoms with Crippen LogP contribution in [0.15, 0.2) is 78.9 Å². The van der Waals surface area contributed by atoms with E-state index < -0.39 is 11.0 Å². The van der Waals surface area contributed by atoms with Gasteiger partial charge in [-0.2, -0.15) is 0 Å². The van der Waals surface area contributed by atoms with Gasteiger partial charge in [0.2, 0.25) is 5.91 Å². The molecule has 156 valence electrons. The molecule has 7 heteroatoms. The number of nitro benzene ring substituents is 1. The van der Waals surface area contributed by atoms with Crippen molar-refractivity contribution < 1.29 is 9.72 Å². The number of aryl methyl sites for hydroxylation is 1. The predicted molar refractivity (Wildman–Crippen MR) is 117 cm³/mol. The van der Waals surface area contributed by atoms with Crippen LogP contribution in [0, 0.1) is 23.0 Å². The molecule has 1 amide bonds. The number of para-hydroxylation sites is 1. The zero-order valence-electron chi connectivity index (χ0n) is 16.9. The molecule has 2 fully saturated rings. The number of fused-ring (bicyclic) bond motifs is 1.